The van der Waals surface area contributed by atoms with E-state index in [-0.39, 0.29) is 10.9 Å². The molecule has 0 bridgehead atoms. The number of benzene rings is 1. The standard InChI is InChI=1S/C12H17ClFNO/c1-7(4-5-15)10-11(14)9(13)6-8(2)12(10)16-3/h6-7H,4-5,15H2,1-3H3. The van der Waals surface area contributed by atoms with E-state index in [1.54, 1.807) is 6.07 Å². The quantitative estimate of drug-likeness (QED) is 0.884. The van der Waals surface area contributed by atoms with E-state index in [1.165, 1.54) is 7.11 Å². The van der Waals surface area contributed by atoms with Crippen LogP contribution in [0.1, 0.15) is 30.4 Å². The molecule has 2 nitrogen and oxygen atoms in total. The van der Waals surface area contributed by atoms with Gasteiger partial charge < -0.3 is 10.5 Å². The van der Waals surface area contributed by atoms with Crippen molar-refractivity contribution in [2.45, 2.75) is 26.2 Å². The summed E-state index contributed by atoms with van der Waals surface area (Å²) in [5, 5.41) is 0.136. The Bertz CT molecular complexity index is 382. The molecule has 0 amide bonds. The lowest BCUT2D eigenvalue weighted by atomic mass is 9.94. The molecule has 2 N–H and O–H groups in total. The maximum atomic E-state index is 14.0. The normalized spacial score (nSPS) is 12.6. The third-order valence-corrected chi connectivity index (χ3v) is 2.96. The van der Waals surface area contributed by atoms with E-state index in [0.717, 1.165) is 5.56 Å². The number of aryl methyl sites for hydroxylation is 1. The topological polar surface area (TPSA) is 35.2 Å². The van der Waals surface area contributed by atoms with Gasteiger partial charge in [-0.15, -0.1) is 0 Å². The van der Waals surface area contributed by atoms with E-state index in [2.05, 4.69) is 0 Å². The second-order valence-corrected chi connectivity index (χ2v) is 4.32. The fraction of sp³-hybridized carbons (Fsp3) is 0.500. The number of rotatable bonds is 4. The molecule has 1 aromatic rings. The van der Waals surface area contributed by atoms with Gasteiger partial charge in [-0.05, 0) is 37.4 Å². The van der Waals surface area contributed by atoms with E-state index >= 15 is 0 Å². The molecule has 0 radical (unpaired) electrons. The molecule has 0 saturated carbocycles. The largest absolute Gasteiger partial charge is 0.496 e. The average molecular weight is 246 g/mol. The van der Waals surface area contributed by atoms with Crippen LogP contribution in [0.25, 0.3) is 0 Å². The maximum Gasteiger partial charge on any atom is 0.148 e. The first-order valence-electron chi connectivity index (χ1n) is 5.25. The van der Waals surface area contributed by atoms with Crippen LogP contribution in [0.15, 0.2) is 6.07 Å². The first kappa shape index (κ1) is 13.3. The molecule has 16 heavy (non-hydrogen) atoms. The van der Waals surface area contributed by atoms with Crippen LogP contribution in [-0.4, -0.2) is 13.7 Å². The fourth-order valence-electron chi connectivity index (χ4n) is 1.87. The SMILES string of the molecule is COc1c(C)cc(Cl)c(F)c1C(C)CCN. The molecule has 0 spiro atoms. The van der Waals surface area contributed by atoms with Gasteiger partial charge in [0.05, 0.1) is 12.1 Å². The summed E-state index contributed by atoms with van der Waals surface area (Å²) in [6.07, 6.45) is 0.701. The predicted octanol–water partition coefficient (Wildman–Crippen LogP) is 3.25. The van der Waals surface area contributed by atoms with E-state index in [4.69, 9.17) is 22.1 Å². The Morgan fingerprint density at radius 3 is 2.69 bits per heavy atom. The van der Waals surface area contributed by atoms with Crippen LogP contribution >= 0.6 is 11.6 Å². The molecule has 0 aliphatic rings. The number of ether oxygens (including phenoxy) is 1. The maximum absolute atomic E-state index is 14.0. The van der Waals surface area contributed by atoms with E-state index in [0.29, 0.717) is 24.3 Å². The molecule has 0 heterocycles. The van der Waals surface area contributed by atoms with Gasteiger partial charge in [-0.1, -0.05) is 18.5 Å². The fourth-order valence-corrected chi connectivity index (χ4v) is 2.13. The van der Waals surface area contributed by atoms with Crippen molar-refractivity contribution in [3.63, 3.8) is 0 Å². The highest BCUT2D eigenvalue weighted by Gasteiger charge is 2.20. The van der Waals surface area contributed by atoms with E-state index in [1.807, 2.05) is 13.8 Å². The first-order chi connectivity index (χ1) is 7.52. The van der Waals surface area contributed by atoms with Crippen LogP contribution in [0.4, 0.5) is 4.39 Å². The van der Waals surface area contributed by atoms with Gasteiger partial charge in [0, 0.05) is 5.56 Å². The van der Waals surface area contributed by atoms with Crippen LogP contribution < -0.4 is 10.5 Å². The summed E-state index contributed by atoms with van der Waals surface area (Å²) >= 11 is 5.83. The van der Waals surface area contributed by atoms with Crippen LogP contribution in [-0.2, 0) is 0 Å². The predicted molar refractivity (Wildman–Crippen MR) is 64.8 cm³/mol. The molecular weight excluding hydrogens is 229 g/mol. The van der Waals surface area contributed by atoms with Gasteiger partial charge in [-0.2, -0.15) is 0 Å². The third kappa shape index (κ3) is 2.47. The summed E-state index contributed by atoms with van der Waals surface area (Å²) in [5.41, 5.74) is 6.85. The third-order valence-electron chi connectivity index (χ3n) is 2.69. The molecule has 0 aliphatic heterocycles. The lowest BCUT2D eigenvalue weighted by Crippen LogP contribution is -2.09. The number of nitrogens with two attached hydrogens (primary N) is 1. The number of methoxy groups -OCH3 is 1. The van der Waals surface area contributed by atoms with Gasteiger partial charge in [0.2, 0.25) is 0 Å². The van der Waals surface area contributed by atoms with Crippen molar-refractivity contribution in [1.82, 2.24) is 0 Å². The van der Waals surface area contributed by atoms with Crippen LogP contribution in [0.2, 0.25) is 5.02 Å². The van der Waals surface area contributed by atoms with Crippen molar-refractivity contribution in [2.75, 3.05) is 13.7 Å². The minimum absolute atomic E-state index is 0.00245. The molecule has 1 atom stereocenters. The Labute approximate surface area is 101 Å². The van der Waals surface area contributed by atoms with E-state index < -0.39 is 5.82 Å². The van der Waals surface area contributed by atoms with Crippen molar-refractivity contribution in [2.24, 2.45) is 5.73 Å². The summed E-state index contributed by atoms with van der Waals surface area (Å²) in [6, 6.07) is 1.58. The summed E-state index contributed by atoms with van der Waals surface area (Å²) in [5.74, 6) is 0.172. The highest BCUT2D eigenvalue weighted by Crippen LogP contribution is 2.37. The highest BCUT2D eigenvalue weighted by molar-refractivity contribution is 6.31. The Kier molecular flexibility index (Phi) is 4.56. The second kappa shape index (κ2) is 5.51. The Hall–Kier alpha value is -0.800. The second-order valence-electron chi connectivity index (χ2n) is 3.91. The first-order valence-corrected chi connectivity index (χ1v) is 5.63. The number of hydrogen-bond donors (Lipinski definition) is 1. The van der Waals surface area contributed by atoms with Crippen molar-refractivity contribution >= 4 is 11.6 Å². The summed E-state index contributed by atoms with van der Waals surface area (Å²) in [6.45, 7) is 4.28. The van der Waals surface area contributed by atoms with Gasteiger partial charge in [-0.3, -0.25) is 0 Å². The van der Waals surface area contributed by atoms with Gasteiger partial charge in [0.25, 0.3) is 0 Å². The molecule has 1 rings (SSSR count). The van der Waals surface area contributed by atoms with Gasteiger partial charge in [-0.25, -0.2) is 4.39 Å². The summed E-state index contributed by atoms with van der Waals surface area (Å²) in [4.78, 5) is 0. The molecular formula is C12H17ClFNO. The average Bonchev–Trinajstić information content (AvgIpc) is 2.23. The Balaban J connectivity index is 3.32. The van der Waals surface area contributed by atoms with Crippen molar-refractivity contribution in [3.05, 3.63) is 28.0 Å². The molecule has 0 saturated heterocycles. The zero-order valence-corrected chi connectivity index (χ0v) is 10.6. The molecule has 0 fully saturated rings. The van der Waals surface area contributed by atoms with Crippen molar-refractivity contribution in [1.29, 1.82) is 0 Å². The molecule has 1 aromatic carbocycles. The monoisotopic (exact) mass is 245 g/mol. The van der Waals surface area contributed by atoms with Gasteiger partial charge in [0.1, 0.15) is 11.6 Å². The highest BCUT2D eigenvalue weighted by atomic mass is 35.5. The van der Waals surface area contributed by atoms with Crippen LogP contribution in [0, 0.1) is 12.7 Å². The number of hydrogen-bond acceptors (Lipinski definition) is 2. The van der Waals surface area contributed by atoms with Gasteiger partial charge >= 0.3 is 0 Å². The van der Waals surface area contributed by atoms with E-state index in [9.17, 15) is 4.39 Å². The van der Waals surface area contributed by atoms with Crippen LogP contribution in [0.5, 0.6) is 5.75 Å². The molecule has 0 aromatic heterocycles. The smallest absolute Gasteiger partial charge is 0.148 e. The lowest BCUT2D eigenvalue weighted by molar-refractivity contribution is 0.395. The summed E-state index contributed by atoms with van der Waals surface area (Å²) < 4.78 is 19.2. The zero-order valence-electron chi connectivity index (χ0n) is 9.81. The minimum atomic E-state index is -0.398. The molecule has 90 valence electrons. The lowest BCUT2D eigenvalue weighted by Gasteiger charge is -2.18. The van der Waals surface area contributed by atoms with Crippen LogP contribution in [0.3, 0.4) is 0 Å². The summed E-state index contributed by atoms with van der Waals surface area (Å²) in [7, 11) is 1.54. The Morgan fingerprint density at radius 2 is 2.19 bits per heavy atom. The number of halogens is 2. The zero-order chi connectivity index (χ0) is 12.3. The molecule has 4 heteroatoms. The van der Waals surface area contributed by atoms with Crippen molar-refractivity contribution in [3.8, 4) is 5.75 Å². The van der Waals surface area contributed by atoms with Gasteiger partial charge in [0.15, 0.2) is 0 Å². The Morgan fingerprint density at radius 1 is 1.56 bits per heavy atom. The molecule has 1 unspecified atom stereocenters. The molecule has 0 aliphatic carbocycles. The van der Waals surface area contributed by atoms with Crippen molar-refractivity contribution < 1.29 is 9.13 Å². The minimum Gasteiger partial charge on any atom is -0.496 e.